The molecule has 2 aromatic rings. The molecule has 0 heterocycles. The van der Waals surface area contributed by atoms with Gasteiger partial charge in [-0.3, -0.25) is 4.90 Å². The van der Waals surface area contributed by atoms with E-state index < -0.39 is 0 Å². The Morgan fingerprint density at radius 2 is 1.32 bits per heavy atom. The summed E-state index contributed by atoms with van der Waals surface area (Å²) in [5.41, 5.74) is 2.74. The summed E-state index contributed by atoms with van der Waals surface area (Å²) in [6, 6.07) is 22.0. The smallest absolute Gasteiger partial charge is 0.0240 e. The molecule has 0 aliphatic carbocycles. The normalized spacial score (nSPS) is 12.5. The van der Waals surface area contributed by atoms with E-state index >= 15 is 0 Å². The first-order chi connectivity index (χ1) is 10.7. The first-order valence-electron chi connectivity index (χ1n) is 8.13. The Bertz CT molecular complexity index is 503. The zero-order valence-electron chi connectivity index (χ0n) is 13.8. The van der Waals surface area contributed by atoms with Crippen molar-refractivity contribution in [1.29, 1.82) is 0 Å². The molecule has 0 aromatic heterocycles. The van der Waals surface area contributed by atoms with Crippen molar-refractivity contribution >= 4 is 0 Å². The molecule has 1 unspecified atom stereocenters. The van der Waals surface area contributed by atoms with Crippen molar-refractivity contribution in [2.24, 2.45) is 5.92 Å². The summed E-state index contributed by atoms with van der Waals surface area (Å²) in [5.74, 6) is 0.602. The molecule has 2 rings (SSSR count). The Morgan fingerprint density at radius 3 is 1.68 bits per heavy atom. The lowest BCUT2D eigenvalue weighted by Crippen LogP contribution is -2.37. The van der Waals surface area contributed by atoms with Crippen LogP contribution in [0.15, 0.2) is 73.3 Å². The second-order valence-electron chi connectivity index (χ2n) is 6.21. The third-order valence-corrected chi connectivity index (χ3v) is 4.10. The van der Waals surface area contributed by atoms with Gasteiger partial charge in [0, 0.05) is 19.1 Å². The minimum absolute atomic E-state index is 0.512. The van der Waals surface area contributed by atoms with Crippen molar-refractivity contribution in [3.8, 4) is 0 Å². The second-order valence-corrected chi connectivity index (χ2v) is 6.21. The van der Waals surface area contributed by atoms with Crippen LogP contribution in [0, 0.1) is 5.92 Å². The SMILES string of the molecule is C=CCC(C(C)C)N(Cc1ccccc1)Cc1ccccc1. The van der Waals surface area contributed by atoms with Gasteiger partial charge in [-0.15, -0.1) is 6.58 Å². The fourth-order valence-corrected chi connectivity index (χ4v) is 2.94. The quantitative estimate of drug-likeness (QED) is 0.598. The van der Waals surface area contributed by atoms with Crippen LogP contribution < -0.4 is 0 Å². The molecule has 1 heteroatoms. The molecule has 0 aliphatic heterocycles. The summed E-state index contributed by atoms with van der Waals surface area (Å²) < 4.78 is 0. The molecule has 0 saturated heterocycles. The summed E-state index contributed by atoms with van der Waals surface area (Å²) in [5, 5.41) is 0. The van der Waals surface area contributed by atoms with Crippen LogP contribution in [0.4, 0.5) is 0 Å². The number of hydrogen-bond acceptors (Lipinski definition) is 1. The van der Waals surface area contributed by atoms with Crippen molar-refractivity contribution in [3.63, 3.8) is 0 Å². The van der Waals surface area contributed by atoms with E-state index in [1.165, 1.54) is 11.1 Å². The minimum atomic E-state index is 0.512. The van der Waals surface area contributed by atoms with Crippen LogP contribution in [-0.4, -0.2) is 10.9 Å². The molecule has 116 valence electrons. The van der Waals surface area contributed by atoms with Gasteiger partial charge in [0.15, 0.2) is 0 Å². The van der Waals surface area contributed by atoms with Crippen LogP contribution in [-0.2, 0) is 13.1 Å². The van der Waals surface area contributed by atoms with Crippen LogP contribution >= 0.6 is 0 Å². The van der Waals surface area contributed by atoms with Gasteiger partial charge in [-0.2, -0.15) is 0 Å². The standard InChI is InChI=1S/C21H27N/c1-4-11-21(18(2)3)22(16-19-12-7-5-8-13-19)17-20-14-9-6-10-15-20/h4-10,12-15,18,21H,1,11,16-17H2,2-3H3. The van der Waals surface area contributed by atoms with Crippen molar-refractivity contribution in [2.75, 3.05) is 0 Å². The molecule has 2 aromatic carbocycles. The van der Waals surface area contributed by atoms with Gasteiger partial charge >= 0.3 is 0 Å². The van der Waals surface area contributed by atoms with Crippen LogP contribution in [0.5, 0.6) is 0 Å². The molecular formula is C21H27N. The molecular weight excluding hydrogens is 266 g/mol. The van der Waals surface area contributed by atoms with Gasteiger partial charge in [0.25, 0.3) is 0 Å². The predicted octanol–water partition coefficient (Wildman–Crippen LogP) is 5.29. The van der Waals surface area contributed by atoms with Crippen molar-refractivity contribution in [1.82, 2.24) is 4.90 Å². The highest BCUT2D eigenvalue weighted by atomic mass is 15.2. The zero-order valence-corrected chi connectivity index (χ0v) is 13.8. The topological polar surface area (TPSA) is 3.24 Å². The van der Waals surface area contributed by atoms with Gasteiger partial charge < -0.3 is 0 Å². The lowest BCUT2D eigenvalue weighted by molar-refractivity contribution is 0.139. The van der Waals surface area contributed by atoms with Crippen molar-refractivity contribution in [3.05, 3.63) is 84.4 Å². The first-order valence-corrected chi connectivity index (χ1v) is 8.13. The third-order valence-electron chi connectivity index (χ3n) is 4.10. The Kier molecular flexibility index (Phi) is 6.42. The van der Waals surface area contributed by atoms with Gasteiger partial charge in [0.1, 0.15) is 0 Å². The molecule has 0 saturated carbocycles. The van der Waals surface area contributed by atoms with E-state index in [0.29, 0.717) is 12.0 Å². The Balaban J connectivity index is 2.20. The third kappa shape index (κ3) is 4.85. The molecule has 0 fully saturated rings. The minimum Gasteiger partial charge on any atom is -0.291 e. The lowest BCUT2D eigenvalue weighted by Gasteiger charge is -2.34. The Morgan fingerprint density at radius 1 is 0.864 bits per heavy atom. The van der Waals surface area contributed by atoms with Gasteiger partial charge in [0.05, 0.1) is 0 Å². The van der Waals surface area contributed by atoms with Crippen LogP contribution in [0.25, 0.3) is 0 Å². The van der Waals surface area contributed by atoms with E-state index in [-0.39, 0.29) is 0 Å². The van der Waals surface area contributed by atoms with Crippen LogP contribution in [0.2, 0.25) is 0 Å². The number of nitrogens with zero attached hydrogens (tertiary/aromatic N) is 1. The number of benzene rings is 2. The average Bonchev–Trinajstić information content (AvgIpc) is 2.54. The van der Waals surface area contributed by atoms with Crippen molar-refractivity contribution in [2.45, 2.75) is 39.4 Å². The van der Waals surface area contributed by atoms with E-state index in [4.69, 9.17) is 0 Å². The van der Waals surface area contributed by atoms with Crippen LogP contribution in [0.3, 0.4) is 0 Å². The predicted molar refractivity (Wildman–Crippen MR) is 95.6 cm³/mol. The first kappa shape index (κ1) is 16.5. The molecule has 0 bridgehead atoms. The molecule has 0 N–H and O–H groups in total. The van der Waals surface area contributed by atoms with E-state index in [1.807, 2.05) is 6.08 Å². The summed E-state index contributed by atoms with van der Waals surface area (Å²) in [6.07, 6.45) is 3.07. The molecule has 1 nitrogen and oxygen atoms in total. The summed E-state index contributed by atoms with van der Waals surface area (Å²) in [6.45, 7) is 10.5. The molecule has 22 heavy (non-hydrogen) atoms. The highest BCUT2D eigenvalue weighted by molar-refractivity contribution is 5.17. The largest absolute Gasteiger partial charge is 0.291 e. The maximum atomic E-state index is 3.95. The summed E-state index contributed by atoms with van der Waals surface area (Å²) >= 11 is 0. The maximum absolute atomic E-state index is 3.95. The monoisotopic (exact) mass is 293 g/mol. The second kappa shape index (κ2) is 8.55. The maximum Gasteiger partial charge on any atom is 0.0240 e. The fraction of sp³-hybridized carbons (Fsp3) is 0.333. The van der Waals surface area contributed by atoms with Gasteiger partial charge in [-0.25, -0.2) is 0 Å². The van der Waals surface area contributed by atoms with E-state index in [1.54, 1.807) is 0 Å². The number of hydrogen-bond donors (Lipinski definition) is 0. The number of rotatable bonds is 8. The highest BCUT2D eigenvalue weighted by Gasteiger charge is 2.21. The molecule has 0 aliphatic rings. The summed E-state index contributed by atoms with van der Waals surface area (Å²) in [7, 11) is 0. The van der Waals surface area contributed by atoms with Gasteiger partial charge in [0.2, 0.25) is 0 Å². The molecule has 0 spiro atoms. The van der Waals surface area contributed by atoms with Crippen molar-refractivity contribution < 1.29 is 0 Å². The Labute approximate surface area is 135 Å². The molecule has 0 amide bonds. The molecule has 0 radical (unpaired) electrons. The van der Waals surface area contributed by atoms with E-state index in [2.05, 4.69) is 86.0 Å². The van der Waals surface area contributed by atoms with Crippen LogP contribution in [0.1, 0.15) is 31.4 Å². The average molecular weight is 293 g/mol. The molecule has 1 atom stereocenters. The summed E-state index contributed by atoms with van der Waals surface area (Å²) in [4.78, 5) is 2.58. The van der Waals surface area contributed by atoms with E-state index in [0.717, 1.165) is 19.5 Å². The lowest BCUT2D eigenvalue weighted by atomic mass is 9.97. The van der Waals surface area contributed by atoms with Gasteiger partial charge in [-0.1, -0.05) is 80.6 Å². The van der Waals surface area contributed by atoms with Gasteiger partial charge in [-0.05, 0) is 23.5 Å². The fourth-order valence-electron chi connectivity index (χ4n) is 2.94. The highest BCUT2D eigenvalue weighted by Crippen LogP contribution is 2.21. The van der Waals surface area contributed by atoms with E-state index in [9.17, 15) is 0 Å². The Hall–Kier alpha value is -1.86. The zero-order chi connectivity index (χ0) is 15.8.